The average molecular weight is 366 g/mol. The first-order chi connectivity index (χ1) is 12.8. The second-order valence-electron chi connectivity index (χ2n) is 7.07. The molecular weight excluding hydrogens is 342 g/mol. The number of rotatable bonds is 5. The third-order valence-corrected chi connectivity index (χ3v) is 5.56. The van der Waals surface area contributed by atoms with Crippen molar-refractivity contribution >= 4 is 11.6 Å². The van der Waals surface area contributed by atoms with E-state index in [0.29, 0.717) is 5.92 Å². The SMILES string of the molecule is Clc1ccc(C(CN2CCCCC2)c2ccc(-c3cn[nH]c3)cc2)cc1. The Labute approximate surface area is 160 Å². The number of aromatic nitrogens is 2. The largest absolute Gasteiger partial charge is 0.302 e. The highest BCUT2D eigenvalue weighted by atomic mass is 35.5. The highest BCUT2D eigenvalue weighted by molar-refractivity contribution is 6.30. The summed E-state index contributed by atoms with van der Waals surface area (Å²) < 4.78 is 0. The smallest absolute Gasteiger partial charge is 0.0565 e. The minimum atomic E-state index is 0.365. The van der Waals surface area contributed by atoms with Crippen LogP contribution in [0.1, 0.15) is 36.3 Å². The lowest BCUT2D eigenvalue weighted by atomic mass is 9.89. The van der Waals surface area contributed by atoms with Crippen LogP contribution in [0.2, 0.25) is 5.02 Å². The van der Waals surface area contributed by atoms with Crippen molar-refractivity contribution in [3.63, 3.8) is 0 Å². The predicted molar refractivity (Wildman–Crippen MR) is 108 cm³/mol. The zero-order valence-corrected chi connectivity index (χ0v) is 15.6. The molecule has 3 nitrogen and oxygen atoms in total. The summed E-state index contributed by atoms with van der Waals surface area (Å²) in [6, 6.07) is 17.2. The number of halogens is 1. The topological polar surface area (TPSA) is 31.9 Å². The van der Waals surface area contributed by atoms with Crippen LogP contribution < -0.4 is 0 Å². The number of hydrogen-bond acceptors (Lipinski definition) is 2. The predicted octanol–water partition coefficient (Wildman–Crippen LogP) is 5.35. The van der Waals surface area contributed by atoms with Gasteiger partial charge in [-0.05, 0) is 54.8 Å². The number of aromatic amines is 1. The normalized spacial score (nSPS) is 16.5. The van der Waals surface area contributed by atoms with E-state index in [9.17, 15) is 0 Å². The van der Waals surface area contributed by atoms with Crippen molar-refractivity contribution in [2.45, 2.75) is 25.2 Å². The fourth-order valence-corrected chi connectivity index (χ4v) is 3.94. The van der Waals surface area contributed by atoms with Gasteiger partial charge in [-0.1, -0.05) is 54.4 Å². The first-order valence-corrected chi connectivity index (χ1v) is 9.74. The van der Waals surface area contributed by atoms with E-state index in [2.05, 4.69) is 51.5 Å². The summed E-state index contributed by atoms with van der Waals surface area (Å²) >= 11 is 6.11. The van der Waals surface area contributed by atoms with Crippen molar-refractivity contribution in [1.82, 2.24) is 15.1 Å². The molecule has 26 heavy (non-hydrogen) atoms. The monoisotopic (exact) mass is 365 g/mol. The minimum Gasteiger partial charge on any atom is -0.302 e. The third kappa shape index (κ3) is 4.00. The van der Waals surface area contributed by atoms with Crippen LogP contribution in [-0.4, -0.2) is 34.7 Å². The van der Waals surface area contributed by atoms with Crippen LogP contribution in [-0.2, 0) is 0 Å². The van der Waals surface area contributed by atoms with Gasteiger partial charge in [0.2, 0.25) is 0 Å². The molecule has 2 aromatic carbocycles. The lowest BCUT2D eigenvalue weighted by Gasteiger charge is -2.31. The van der Waals surface area contributed by atoms with Crippen molar-refractivity contribution < 1.29 is 0 Å². The van der Waals surface area contributed by atoms with Gasteiger partial charge in [0.15, 0.2) is 0 Å². The second-order valence-corrected chi connectivity index (χ2v) is 7.51. The van der Waals surface area contributed by atoms with Crippen molar-refractivity contribution in [3.8, 4) is 11.1 Å². The van der Waals surface area contributed by atoms with Crippen LogP contribution in [0.5, 0.6) is 0 Å². The van der Waals surface area contributed by atoms with E-state index in [1.807, 2.05) is 24.5 Å². The van der Waals surface area contributed by atoms with Crippen LogP contribution in [0.3, 0.4) is 0 Å². The summed E-state index contributed by atoms with van der Waals surface area (Å²) in [7, 11) is 0. The maximum absolute atomic E-state index is 6.11. The molecule has 0 amide bonds. The second kappa shape index (κ2) is 8.07. The van der Waals surface area contributed by atoms with Crippen molar-refractivity contribution in [3.05, 3.63) is 77.1 Å². The molecule has 0 radical (unpaired) electrons. The van der Waals surface area contributed by atoms with E-state index in [-0.39, 0.29) is 0 Å². The molecule has 1 fully saturated rings. The summed E-state index contributed by atoms with van der Waals surface area (Å²) in [5.41, 5.74) is 4.99. The molecular formula is C22H24ClN3. The van der Waals surface area contributed by atoms with Crippen molar-refractivity contribution in [1.29, 1.82) is 0 Å². The maximum atomic E-state index is 6.11. The van der Waals surface area contributed by atoms with Gasteiger partial charge < -0.3 is 4.90 Å². The molecule has 4 heteroatoms. The van der Waals surface area contributed by atoms with E-state index in [1.54, 1.807) is 0 Å². The summed E-state index contributed by atoms with van der Waals surface area (Å²) in [6.07, 6.45) is 7.78. The molecule has 2 heterocycles. The summed E-state index contributed by atoms with van der Waals surface area (Å²) in [4.78, 5) is 2.60. The Kier molecular flexibility index (Phi) is 5.37. The molecule has 0 aliphatic carbocycles. The van der Waals surface area contributed by atoms with E-state index in [1.165, 1.54) is 49.0 Å². The molecule has 0 spiro atoms. The Hall–Kier alpha value is -2.10. The van der Waals surface area contributed by atoms with Crippen molar-refractivity contribution in [2.75, 3.05) is 19.6 Å². The summed E-state index contributed by atoms with van der Waals surface area (Å²) in [6.45, 7) is 3.47. The lowest BCUT2D eigenvalue weighted by molar-refractivity contribution is 0.222. The molecule has 3 aromatic rings. The molecule has 0 bridgehead atoms. The molecule has 4 rings (SSSR count). The van der Waals surface area contributed by atoms with Gasteiger partial charge in [0.1, 0.15) is 0 Å². The van der Waals surface area contributed by atoms with Crippen LogP contribution in [0, 0.1) is 0 Å². The van der Waals surface area contributed by atoms with E-state index in [4.69, 9.17) is 11.6 Å². The number of hydrogen-bond donors (Lipinski definition) is 1. The number of benzene rings is 2. The van der Waals surface area contributed by atoms with Crippen LogP contribution in [0.4, 0.5) is 0 Å². The van der Waals surface area contributed by atoms with Crippen molar-refractivity contribution in [2.24, 2.45) is 0 Å². The molecule has 0 saturated carbocycles. The fraction of sp³-hybridized carbons (Fsp3) is 0.318. The van der Waals surface area contributed by atoms with Crippen LogP contribution in [0.15, 0.2) is 60.9 Å². The molecule has 1 atom stereocenters. The number of H-pyrrole nitrogens is 1. The van der Waals surface area contributed by atoms with Gasteiger partial charge in [0.25, 0.3) is 0 Å². The first kappa shape index (κ1) is 17.3. The number of nitrogens with one attached hydrogen (secondary N) is 1. The van der Waals surface area contributed by atoms with Crippen LogP contribution in [0.25, 0.3) is 11.1 Å². The molecule has 1 N–H and O–H groups in total. The van der Waals surface area contributed by atoms with E-state index >= 15 is 0 Å². The minimum absolute atomic E-state index is 0.365. The molecule has 1 aliphatic rings. The van der Waals surface area contributed by atoms with Gasteiger partial charge in [0, 0.05) is 29.2 Å². The van der Waals surface area contributed by atoms with Crippen LogP contribution >= 0.6 is 11.6 Å². The zero-order chi connectivity index (χ0) is 17.8. The Bertz CT molecular complexity index is 804. The highest BCUT2D eigenvalue weighted by Crippen LogP contribution is 2.30. The standard InChI is InChI=1S/C22H24ClN3/c23-21-10-8-19(9-11-21)22(16-26-12-2-1-3-13-26)18-6-4-17(5-7-18)20-14-24-25-15-20/h4-11,14-15,22H,1-3,12-13,16H2,(H,24,25). The molecule has 1 saturated heterocycles. The maximum Gasteiger partial charge on any atom is 0.0565 e. The average Bonchev–Trinajstić information content (AvgIpc) is 3.23. The third-order valence-electron chi connectivity index (χ3n) is 5.31. The number of piperidine rings is 1. The highest BCUT2D eigenvalue weighted by Gasteiger charge is 2.20. The van der Waals surface area contributed by atoms with E-state index in [0.717, 1.165) is 17.1 Å². The molecule has 1 aliphatic heterocycles. The Balaban J connectivity index is 1.61. The Morgan fingerprint density at radius 1 is 0.885 bits per heavy atom. The van der Waals surface area contributed by atoms with Gasteiger partial charge in [0.05, 0.1) is 6.20 Å². The first-order valence-electron chi connectivity index (χ1n) is 9.36. The zero-order valence-electron chi connectivity index (χ0n) is 14.9. The molecule has 134 valence electrons. The molecule has 1 unspecified atom stereocenters. The van der Waals surface area contributed by atoms with Gasteiger partial charge in [-0.25, -0.2) is 0 Å². The fourth-order valence-electron chi connectivity index (χ4n) is 3.82. The van der Waals surface area contributed by atoms with Gasteiger partial charge in [-0.2, -0.15) is 5.10 Å². The number of likely N-dealkylation sites (tertiary alicyclic amines) is 1. The lowest BCUT2D eigenvalue weighted by Crippen LogP contribution is -2.33. The van der Waals surface area contributed by atoms with E-state index < -0.39 is 0 Å². The Morgan fingerprint density at radius 2 is 1.54 bits per heavy atom. The quantitative estimate of drug-likeness (QED) is 0.661. The molecule has 1 aromatic heterocycles. The van der Waals surface area contributed by atoms with Gasteiger partial charge in [-0.3, -0.25) is 5.10 Å². The van der Waals surface area contributed by atoms with Gasteiger partial charge >= 0.3 is 0 Å². The number of nitrogens with zero attached hydrogens (tertiary/aromatic N) is 2. The van der Waals surface area contributed by atoms with Gasteiger partial charge in [-0.15, -0.1) is 0 Å². The summed E-state index contributed by atoms with van der Waals surface area (Å²) in [5, 5.41) is 7.72. The Morgan fingerprint density at radius 3 is 2.15 bits per heavy atom. The summed E-state index contributed by atoms with van der Waals surface area (Å²) in [5.74, 6) is 0.365.